The lowest BCUT2D eigenvalue weighted by molar-refractivity contribution is 0.0519. The zero-order valence-corrected chi connectivity index (χ0v) is 14.9. The van der Waals surface area contributed by atoms with E-state index in [1.165, 1.54) is 7.11 Å². The van der Waals surface area contributed by atoms with Crippen molar-refractivity contribution in [3.05, 3.63) is 36.3 Å². The summed E-state index contributed by atoms with van der Waals surface area (Å²) in [6.45, 7) is 3.59. The maximum atomic E-state index is 12.7. The standard InChI is InChI=1S/C18H22N4O4/c1-3-25-15-7-6-13(11-21-15)18(23)22-10-4-5-14(12-22)26-17-16(24-2)19-8-9-20-17/h6-9,11,14H,3-5,10,12H2,1-2H3. The first kappa shape index (κ1) is 17.9. The Morgan fingerprint density at radius 2 is 2.04 bits per heavy atom. The van der Waals surface area contributed by atoms with Gasteiger partial charge in [-0.05, 0) is 25.8 Å². The second-order valence-electron chi connectivity index (χ2n) is 5.82. The van der Waals surface area contributed by atoms with Crippen LogP contribution in [-0.4, -0.2) is 58.7 Å². The fourth-order valence-electron chi connectivity index (χ4n) is 2.83. The third kappa shape index (κ3) is 4.19. The minimum absolute atomic E-state index is 0.0695. The van der Waals surface area contributed by atoms with Crippen molar-refractivity contribution in [1.29, 1.82) is 0 Å². The van der Waals surface area contributed by atoms with Crippen molar-refractivity contribution in [3.8, 4) is 17.6 Å². The Kier molecular flexibility index (Phi) is 5.83. The van der Waals surface area contributed by atoms with Crippen LogP contribution in [0.2, 0.25) is 0 Å². The number of pyridine rings is 1. The average molecular weight is 358 g/mol. The Labute approximate surface area is 152 Å². The molecule has 0 aromatic carbocycles. The molecule has 0 bridgehead atoms. The Balaban J connectivity index is 1.65. The van der Waals surface area contributed by atoms with Gasteiger partial charge >= 0.3 is 0 Å². The van der Waals surface area contributed by atoms with Crippen molar-refractivity contribution >= 4 is 5.91 Å². The van der Waals surface area contributed by atoms with Crippen LogP contribution in [0.1, 0.15) is 30.1 Å². The number of ether oxygens (including phenoxy) is 3. The molecular formula is C18H22N4O4. The summed E-state index contributed by atoms with van der Waals surface area (Å²) in [6.07, 6.45) is 6.17. The number of carbonyl (C=O) groups excluding carboxylic acids is 1. The fraction of sp³-hybridized carbons (Fsp3) is 0.444. The molecule has 8 nitrogen and oxygen atoms in total. The molecule has 0 spiro atoms. The summed E-state index contributed by atoms with van der Waals surface area (Å²) in [4.78, 5) is 26.9. The zero-order chi connectivity index (χ0) is 18.4. The molecule has 1 fully saturated rings. The number of likely N-dealkylation sites (tertiary alicyclic amines) is 1. The van der Waals surface area contributed by atoms with Gasteiger partial charge in [0.05, 0.1) is 25.8 Å². The third-order valence-electron chi connectivity index (χ3n) is 4.05. The van der Waals surface area contributed by atoms with Gasteiger partial charge in [0.25, 0.3) is 17.7 Å². The molecule has 26 heavy (non-hydrogen) atoms. The molecular weight excluding hydrogens is 336 g/mol. The third-order valence-corrected chi connectivity index (χ3v) is 4.05. The van der Waals surface area contributed by atoms with Crippen LogP contribution >= 0.6 is 0 Å². The Hall–Kier alpha value is -2.90. The number of nitrogens with zero attached hydrogens (tertiary/aromatic N) is 4. The topological polar surface area (TPSA) is 86.7 Å². The lowest BCUT2D eigenvalue weighted by Crippen LogP contribution is -2.44. The number of amides is 1. The SMILES string of the molecule is CCOc1ccc(C(=O)N2CCCC(Oc3nccnc3OC)C2)cn1. The summed E-state index contributed by atoms with van der Waals surface area (Å²) in [5.41, 5.74) is 0.534. The van der Waals surface area contributed by atoms with Crippen LogP contribution in [-0.2, 0) is 0 Å². The highest BCUT2D eigenvalue weighted by Crippen LogP contribution is 2.24. The van der Waals surface area contributed by atoms with Gasteiger partial charge < -0.3 is 19.1 Å². The molecule has 0 aliphatic carbocycles. The second-order valence-corrected chi connectivity index (χ2v) is 5.82. The average Bonchev–Trinajstić information content (AvgIpc) is 2.69. The molecule has 1 atom stereocenters. The van der Waals surface area contributed by atoms with E-state index >= 15 is 0 Å². The quantitative estimate of drug-likeness (QED) is 0.780. The molecule has 3 rings (SSSR count). The van der Waals surface area contributed by atoms with Crippen molar-refractivity contribution in [3.63, 3.8) is 0 Å². The molecule has 0 saturated carbocycles. The van der Waals surface area contributed by atoms with Gasteiger partial charge in [-0.1, -0.05) is 0 Å². The summed E-state index contributed by atoms with van der Waals surface area (Å²) in [5, 5.41) is 0. The predicted molar refractivity (Wildman–Crippen MR) is 93.5 cm³/mol. The van der Waals surface area contributed by atoms with Crippen LogP contribution in [0.15, 0.2) is 30.7 Å². The number of methoxy groups -OCH3 is 1. The summed E-state index contributed by atoms with van der Waals surface area (Å²) in [6, 6.07) is 3.44. The maximum absolute atomic E-state index is 12.7. The molecule has 1 amide bonds. The number of aromatic nitrogens is 3. The minimum atomic E-state index is -0.158. The molecule has 1 aliphatic heterocycles. The summed E-state index contributed by atoms with van der Waals surface area (Å²) in [7, 11) is 1.52. The number of hydrogen-bond acceptors (Lipinski definition) is 7. The van der Waals surface area contributed by atoms with E-state index < -0.39 is 0 Å². The van der Waals surface area contributed by atoms with Crippen molar-refractivity contribution in [2.24, 2.45) is 0 Å². The van der Waals surface area contributed by atoms with Crippen LogP contribution < -0.4 is 14.2 Å². The van der Waals surface area contributed by atoms with Gasteiger partial charge in [-0.3, -0.25) is 4.79 Å². The van der Waals surface area contributed by atoms with Gasteiger partial charge in [0.1, 0.15) is 6.10 Å². The van der Waals surface area contributed by atoms with Crippen LogP contribution in [0.25, 0.3) is 0 Å². The normalized spacial score (nSPS) is 16.8. The smallest absolute Gasteiger partial charge is 0.278 e. The highest BCUT2D eigenvalue weighted by molar-refractivity contribution is 5.94. The van der Waals surface area contributed by atoms with E-state index in [2.05, 4.69) is 15.0 Å². The molecule has 0 radical (unpaired) electrons. The number of hydrogen-bond donors (Lipinski definition) is 0. The molecule has 8 heteroatoms. The number of carbonyl (C=O) groups is 1. The van der Waals surface area contributed by atoms with Gasteiger partial charge in [0, 0.05) is 31.2 Å². The van der Waals surface area contributed by atoms with Gasteiger partial charge in [-0.25, -0.2) is 15.0 Å². The second kappa shape index (κ2) is 8.46. The first-order chi connectivity index (χ1) is 12.7. The predicted octanol–water partition coefficient (Wildman–Crippen LogP) is 1.96. The largest absolute Gasteiger partial charge is 0.478 e. The minimum Gasteiger partial charge on any atom is -0.478 e. The lowest BCUT2D eigenvalue weighted by atomic mass is 10.1. The van der Waals surface area contributed by atoms with Crippen LogP contribution in [0.4, 0.5) is 0 Å². The number of rotatable bonds is 6. The van der Waals surface area contributed by atoms with Gasteiger partial charge in [0.15, 0.2) is 0 Å². The molecule has 2 aromatic heterocycles. The van der Waals surface area contributed by atoms with E-state index in [-0.39, 0.29) is 12.0 Å². The Morgan fingerprint density at radius 1 is 1.23 bits per heavy atom. The highest BCUT2D eigenvalue weighted by Gasteiger charge is 2.27. The van der Waals surface area contributed by atoms with Crippen LogP contribution in [0.5, 0.6) is 17.6 Å². The molecule has 1 saturated heterocycles. The van der Waals surface area contributed by atoms with Crippen molar-refractivity contribution in [1.82, 2.24) is 19.9 Å². The summed E-state index contributed by atoms with van der Waals surface area (Å²) >= 11 is 0. The van der Waals surface area contributed by atoms with E-state index in [1.54, 1.807) is 35.6 Å². The van der Waals surface area contributed by atoms with E-state index in [1.807, 2.05) is 6.92 Å². The summed E-state index contributed by atoms with van der Waals surface area (Å²) < 4.78 is 16.4. The van der Waals surface area contributed by atoms with Crippen molar-refractivity contribution in [2.75, 3.05) is 26.8 Å². The summed E-state index contributed by atoms with van der Waals surface area (Å²) in [5.74, 6) is 1.13. The first-order valence-electron chi connectivity index (χ1n) is 8.61. The molecule has 0 N–H and O–H groups in total. The van der Waals surface area contributed by atoms with Crippen LogP contribution in [0, 0.1) is 0 Å². The van der Waals surface area contributed by atoms with Crippen molar-refractivity contribution in [2.45, 2.75) is 25.9 Å². The fourth-order valence-corrected chi connectivity index (χ4v) is 2.83. The lowest BCUT2D eigenvalue weighted by Gasteiger charge is -2.32. The molecule has 1 aliphatic rings. The monoisotopic (exact) mass is 358 g/mol. The van der Waals surface area contributed by atoms with E-state index in [4.69, 9.17) is 14.2 Å². The van der Waals surface area contributed by atoms with Gasteiger partial charge in [-0.15, -0.1) is 0 Å². The zero-order valence-electron chi connectivity index (χ0n) is 14.9. The van der Waals surface area contributed by atoms with Crippen LogP contribution in [0.3, 0.4) is 0 Å². The van der Waals surface area contributed by atoms with E-state index in [0.29, 0.717) is 42.9 Å². The molecule has 138 valence electrons. The Bertz CT molecular complexity index is 738. The maximum Gasteiger partial charge on any atom is 0.278 e. The van der Waals surface area contributed by atoms with Gasteiger partial charge in [-0.2, -0.15) is 0 Å². The van der Waals surface area contributed by atoms with E-state index in [9.17, 15) is 4.79 Å². The highest BCUT2D eigenvalue weighted by atomic mass is 16.5. The molecule has 1 unspecified atom stereocenters. The Morgan fingerprint density at radius 3 is 2.73 bits per heavy atom. The number of piperidine rings is 1. The first-order valence-corrected chi connectivity index (χ1v) is 8.61. The van der Waals surface area contributed by atoms with E-state index in [0.717, 1.165) is 12.8 Å². The molecule has 2 aromatic rings. The van der Waals surface area contributed by atoms with Crippen molar-refractivity contribution < 1.29 is 19.0 Å². The van der Waals surface area contributed by atoms with Gasteiger partial charge in [0.2, 0.25) is 5.88 Å². The molecule has 3 heterocycles.